The van der Waals surface area contributed by atoms with E-state index in [1.54, 1.807) is 0 Å². The molecule has 12 aromatic rings. The fraction of sp³-hybridized carbons (Fsp3) is 0.0294. The highest BCUT2D eigenvalue weighted by Gasteiger charge is 2.42. The molecule has 0 aromatic heterocycles. The van der Waals surface area contributed by atoms with Crippen LogP contribution in [0.5, 0.6) is 0 Å². The van der Waals surface area contributed by atoms with E-state index in [2.05, 4.69) is 279 Å². The number of hydrogen-bond acceptors (Lipinski definition) is 1. The van der Waals surface area contributed by atoms with Crippen molar-refractivity contribution in [1.82, 2.24) is 0 Å². The maximum Gasteiger partial charge on any atom is 0.0543 e. The Hall–Kier alpha value is -8.78. The molecule has 0 aliphatic heterocycles. The maximum atomic E-state index is 2.48. The van der Waals surface area contributed by atoms with E-state index in [0.29, 0.717) is 0 Å². The first kappa shape index (κ1) is 40.5. The minimum absolute atomic E-state index is 0.323. The second kappa shape index (κ2) is 16.5. The molecule has 0 saturated carbocycles. The molecule has 0 saturated heterocycles. The first-order valence-electron chi connectivity index (χ1n) is 24.0. The van der Waals surface area contributed by atoms with Gasteiger partial charge in [-0.2, -0.15) is 0 Å². The summed E-state index contributed by atoms with van der Waals surface area (Å²) in [5, 5.41) is 7.43. The van der Waals surface area contributed by atoms with Crippen LogP contribution in [0.3, 0.4) is 0 Å². The molecule has 1 heteroatoms. The molecule has 13 rings (SSSR count). The van der Waals surface area contributed by atoms with Crippen molar-refractivity contribution < 1.29 is 0 Å². The molecule has 0 amide bonds. The lowest BCUT2D eigenvalue weighted by molar-refractivity contribution is 0.714. The van der Waals surface area contributed by atoms with E-state index in [1.807, 2.05) is 0 Å². The highest BCUT2D eigenvalue weighted by molar-refractivity contribution is 6.22. The van der Waals surface area contributed by atoms with Gasteiger partial charge in [-0.15, -0.1) is 0 Å². The van der Waals surface area contributed by atoms with Gasteiger partial charge in [0.25, 0.3) is 0 Å². The number of nitrogens with zero attached hydrogens (tertiary/aromatic N) is 1. The molecular weight excluding hydrogens is 831 g/mol. The van der Waals surface area contributed by atoms with E-state index in [9.17, 15) is 0 Å². The molecule has 1 nitrogen and oxygen atoms in total. The van der Waals surface area contributed by atoms with E-state index < -0.39 is 0 Å². The van der Waals surface area contributed by atoms with Gasteiger partial charge in [-0.1, -0.05) is 224 Å². The lowest BCUT2D eigenvalue weighted by Crippen LogP contribution is -2.22. The van der Waals surface area contributed by atoms with Crippen molar-refractivity contribution in [3.05, 3.63) is 284 Å². The molecule has 0 heterocycles. The lowest BCUT2D eigenvalue weighted by atomic mass is 9.74. The van der Waals surface area contributed by atoms with E-state index in [4.69, 9.17) is 0 Å². The van der Waals surface area contributed by atoms with Gasteiger partial charge in [0.1, 0.15) is 0 Å². The van der Waals surface area contributed by atoms with Crippen molar-refractivity contribution >= 4 is 49.4 Å². The molecule has 1 atom stereocenters. The van der Waals surface area contributed by atoms with E-state index >= 15 is 0 Å². The SMILES string of the molecule is CC1(c2ccccc2)c2ccccc2-c2c(N(c3ccc(-c4ccc5c(c4)c(-c4ccccc4)c(-c4ccccc4)c4ccccc45)cc3)c3ccc4cc(-c5ccccc5)ccc4c3)cccc21. The average Bonchev–Trinajstić information content (AvgIpc) is 3.70. The van der Waals surface area contributed by atoms with Crippen LogP contribution in [-0.2, 0) is 5.41 Å². The largest absolute Gasteiger partial charge is 0.310 e. The fourth-order valence-corrected chi connectivity index (χ4v) is 11.4. The third kappa shape index (κ3) is 6.69. The Morgan fingerprint density at radius 1 is 0.290 bits per heavy atom. The number of fused-ring (bicyclic) bond motifs is 7. The van der Waals surface area contributed by atoms with Crippen LogP contribution in [0.15, 0.2) is 267 Å². The first-order chi connectivity index (χ1) is 34.1. The van der Waals surface area contributed by atoms with Gasteiger partial charge in [0.2, 0.25) is 0 Å². The standard InChI is InChI=1S/C68H47N/c1-68(54-25-12-5-13-26-54)62-30-17-16-29-60(62)67-63(68)31-18-32-64(67)69(56-41-37-51-43-50(33-34-52(51)44-56)46-19-6-2-7-20-46)55-39-35-47(36-40-55)53-38-42-58-57-27-14-15-28-59(57)65(48-21-8-3-9-22-48)66(61(58)45-53)49-23-10-4-11-24-49/h2-45H,1H3. The predicted octanol–water partition coefficient (Wildman–Crippen LogP) is 18.6. The van der Waals surface area contributed by atoms with Crippen LogP contribution in [0.1, 0.15) is 23.6 Å². The van der Waals surface area contributed by atoms with Crippen LogP contribution in [0, 0.1) is 0 Å². The summed E-state index contributed by atoms with van der Waals surface area (Å²) in [4.78, 5) is 2.48. The minimum atomic E-state index is -0.323. The van der Waals surface area contributed by atoms with Gasteiger partial charge in [0.05, 0.1) is 5.69 Å². The zero-order valence-electron chi connectivity index (χ0n) is 38.4. The Bertz CT molecular complexity index is 3880. The lowest BCUT2D eigenvalue weighted by Gasteiger charge is -2.30. The zero-order chi connectivity index (χ0) is 45.9. The summed E-state index contributed by atoms with van der Waals surface area (Å²) in [6, 6.07) is 98.4. The van der Waals surface area contributed by atoms with Crippen molar-refractivity contribution in [2.45, 2.75) is 12.3 Å². The predicted molar refractivity (Wildman–Crippen MR) is 293 cm³/mol. The Kier molecular flexibility index (Phi) is 9.70. The smallest absolute Gasteiger partial charge is 0.0543 e. The Labute approximate surface area is 403 Å². The molecule has 1 aliphatic rings. The molecule has 324 valence electrons. The zero-order valence-corrected chi connectivity index (χ0v) is 38.4. The topological polar surface area (TPSA) is 3.24 Å². The Morgan fingerprint density at radius 3 is 1.51 bits per heavy atom. The Morgan fingerprint density at radius 2 is 0.783 bits per heavy atom. The quantitative estimate of drug-likeness (QED) is 0.138. The van der Waals surface area contributed by atoms with Crippen molar-refractivity contribution in [2.24, 2.45) is 0 Å². The molecule has 0 N–H and O–H groups in total. The van der Waals surface area contributed by atoms with Crippen molar-refractivity contribution in [1.29, 1.82) is 0 Å². The summed E-state index contributed by atoms with van der Waals surface area (Å²) in [5.74, 6) is 0. The van der Waals surface area contributed by atoms with Crippen LogP contribution < -0.4 is 4.90 Å². The fourth-order valence-electron chi connectivity index (χ4n) is 11.4. The minimum Gasteiger partial charge on any atom is -0.310 e. The summed E-state index contributed by atoms with van der Waals surface area (Å²) in [6.45, 7) is 2.40. The number of rotatable bonds is 8. The van der Waals surface area contributed by atoms with Gasteiger partial charge < -0.3 is 4.90 Å². The van der Waals surface area contributed by atoms with Gasteiger partial charge in [-0.3, -0.25) is 0 Å². The van der Waals surface area contributed by atoms with E-state index in [1.165, 1.54) is 105 Å². The van der Waals surface area contributed by atoms with Crippen LogP contribution in [0.25, 0.3) is 88.0 Å². The van der Waals surface area contributed by atoms with Crippen molar-refractivity contribution in [3.8, 4) is 55.6 Å². The van der Waals surface area contributed by atoms with Gasteiger partial charge >= 0.3 is 0 Å². The third-order valence-corrected chi connectivity index (χ3v) is 14.7. The van der Waals surface area contributed by atoms with Crippen LogP contribution in [0.2, 0.25) is 0 Å². The maximum absolute atomic E-state index is 2.48. The van der Waals surface area contributed by atoms with Crippen molar-refractivity contribution in [2.75, 3.05) is 4.90 Å². The molecule has 0 radical (unpaired) electrons. The van der Waals surface area contributed by atoms with Gasteiger partial charge in [0.15, 0.2) is 0 Å². The molecule has 0 fully saturated rings. The van der Waals surface area contributed by atoms with E-state index in [-0.39, 0.29) is 5.41 Å². The van der Waals surface area contributed by atoms with Gasteiger partial charge in [-0.05, 0) is 148 Å². The molecule has 1 aliphatic carbocycles. The van der Waals surface area contributed by atoms with Gasteiger partial charge in [-0.25, -0.2) is 0 Å². The second-order valence-electron chi connectivity index (χ2n) is 18.5. The average molecular weight is 878 g/mol. The normalized spacial score (nSPS) is 13.9. The van der Waals surface area contributed by atoms with Crippen LogP contribution >= 0.6 is 0 Å². The molecule has 1 unspecified atom stereocenters. The summed E-state index contributed by atoms with van der Waals surface area (Å²) < 4.78 is 0. The van der Waals surface area contributed by atoms with Crippen LogP contribution in [-0.4, -0.2) is 0 Å². The summed E-state index contributed by atoms with van der Waals surface area (Å²) >= 11 is 0. The number of anilines is 3. The molecule has 12 aromatic carbocycles. The van der Waals surface area contributed by atoms with Crippen LogP contribution in [0.4, 0.5) is 17.1 Å². The monoisotopic (exact) mass is 877 g/mol. The highest BCUT2D eigenvalue weighted by Crippen LogP contribution is 2.57. The van der Waals surface area contributed by atoms with Gasteiger partial charge in [0, 0.05) is 22.4 Å². The molecule has 0 spiro atoms. The number of benzene rings is 12. The Balaban J connectivity index is 0.992. The molecule has 0 bridgehead atoms. The summed E-state index contributed by atoms with van der Waals surface area (Å²) in [5.41, 5.74) is 19.3. The first-order valence-corrected chi connectivity index (χ1v) is 24.0. The van der Waals surface area contributed by atoms with Crippen molar-refractivity contribution in [3.63, 3.8) is 0 Å². The second-order valence-corrected chi connectivity index (χ2v) is 18.5. The number of hydrogen-bond donors (Lipinski definition) is 0. The van der Waals surface area contributed by atoms with E-state index in [0.717, 1.165) is 17.1 Å². The molecule has 69 heavy (non-hydrogen) atoms. The molecular formula is C68H47N. The summed E-state index contributed by atoms with van der Waals surface area (Å²) in [6.07, 6.45) is 0. The summed E-state index contributed by atoms with van der Waals surface area (Å²) in [7, 11) is 0. The third-order valence-electron chi connectivity index (χ3n) is 14.7. The highest BCUT2D eigenvalue weighted by atomic mass is 15.1.